The zero-order valence-corrected chi connectivity index (χ0v) is 20.0. The first-order valence-corrected chi connectivity index (χ1v) is 12.5. The molecule has 3 nitrogen and oxygen atoms in total. The zero-order valence-electron chi connectivity index (χ0n) is 20.0. The van der Waals surface area contributed by atoms with Crippen molar-refractivity contribution >= 4 is 11.7 Å². The Morgan fingerprint density at radius 2 is 1.62 bits per heavy atom. The smallest absolute Gasteiger partial charge is 0.419 e. The number of hydrogen-bond donors (Lipinski definition) is 0. The molecule has 0 spiro atoms. The first kappa shape index (κ1) is 23.8. The van der Waals surface area contributed by atoms with Crippen LogP contribution in [0.3, 0.4) is 0 Å². The Balaban J connectivity index is 1.22. The van der Waals surface area contributed by atoms with Gasteiger partial charge in [-0.15, -0.1) is 0 Å². The third kappa shape index (κ3) is 4.20. The summed E-state index contributed by atoms with van der Waals surface area (Å²) in [5.41, 5.74) is 4.36. The Morgan fingerprint density at radius 3 is 2.27 bits per heavy atom. The molecule has 37 heavy (non-hydrogen) atoms. The highest BCUT2D eigenvalue weighted by Gasteiger charge is 2.40. The van der Waals surface area contributed by atoms with E-state index in [4.69, 9.17) is 4.74 Å². The van der Waals surface area contributed by atoms with E-state index in [0.717, 1.165) is 47.2 Å². The first-order chi connectivity index (χ1) is 17.8. The maximum atomic E-state index is 13.8. The van der Waals surface area contributed by atoms with Crippen LogP contribution in [0.15, 0.2) is 72.8 Å². The maximum Gasteiger partial charge on any atom is 0.419 e. The molecule has 2 unspecified atom stereocenters. The summed E-state index contributed by atoms with van der Waals surface area (Å²) in [6.07, 6.45) is -0.541. The number of rotatable bonds is 3. The third-order valence-corrected chi connectivity index (χ3v) is 7.83. The van der Waals surface area contributed by atoms with E-state index in [-0.39, 0.29) is 24.6 Å². The molecule has 1 saturated heterocycles. The van der Waals surface area contributed by atoms with Crippen molar-refractivity contribution in [2.24, 2.45) is 0 Å². The summed E-state index contributed by atoms with van der Waals surface area (Å²) in [4.78, 5) is 15.1. The van der Waals surface area contributed by atoms with E-state index in [9.17, 15) is 22.4 Å². The Kier molecular flexibility index (Phi) is 5.81. The average molecular weight is 508 g/mol. The fraction of sp³-hybridized carbons (Fsp3) is 0.300. The molecule has 7 heteroatoms. The summed E-state index contributed by atoms with van der Waals surface area (Å²) < 4.78 is 59.5. The lowest BCUT2D eigenvalue weighted by atomic mass is 9.83. The lowest BCUT2D eigenvalue weighted by Gasteiger charge is -2.44. The van der Waals surface area contributed by atoms with Crippen molar-refractivity contribution in [2.75, 3.05) is 6.61 Å². The second-order valence-electron chi connectivity index (χ2n) is 9.95. The van der Waals surface area contributed by atoms with Crippen LogP contribution in [0, 0.1) is 5.82 Å². The van der Waals surface area contributed by atoms with Gasteiger partial charge >= 0.3 is 12.3 Å². The average Bonchev–Trinajstić information content (AvgIpc) is 3.20. The van der Waals surface area contributed by atoms with Gasteiger partial charge in [0.15, 0.2) is 0 Å². The number of carbonyl (C=O) groups excluding carboxylic acids is 1. The number of piperidine rings is 1. The summed E-state index contributed by atoms with van der Waals surface area (Å²) in [7, 11) is 0. The fourth-order valence-corrected chi connectivity index (χ4v) is 6.14. The van der Waals surface area contributed by atoms with Gasteiger partial charge in [0.25, 0.3) is 0 Å². The van der Waals surface area contributed by atoms with Gasteiger partial charge in [-0.3, -0.25) is 4.90 Å². The lowest BCUT2D eigenvalue weighted by molar-refractivity contribution is -0.140. The van der Waals surface area contributed by atoms with E-state index in [2.05, 4.69) is 24.3 Å². The molecule has 1 aliphatic carbocycles. The molecule has 2 aliphatic heterocycles. The molecule has 0 N–H and O–H groups in total. The van der Waals surface area contributed by atoms with Crippen LogP contribution in [-0.4, -0.2) is 29.7 Å². The van der Waals surface area contributed by atoms with E-state index < -0.39 is 23.7 Å². The van der Waals surface area contributed by atoms with Gasteiger partial charge in [0.2, 0.25) is 0 Å². The molecule has 190 valence electrons. The highest BCUT2D eigenvalue weighted by Crippen LogP contribution is 2.45. The van der Waals surface area contributed by atoms with Gasteiger partial charge < -0.3 is 4.74 Å². The summed E-state index contributed by atoms with van der Waals surface area (Å²) in [5.74, 6) is -1.33. The SMILES string of the molecule is O=C(OCC1c2ccccc2-c2ccccc21)N1C2C=C(c3ccc(F)c(C(F)(F)F)c3)CC1CCC2. The molecular formula is C30H25F4NO2. The van der Waals surface area contributed by atoms with E-state index >= 15 is 0 Å². The largest absolute Gasteiger partial charge is 0.448 e. The molecular weight excluding hydrogens is 482 g/mol. The molecule has 2 bridgehead atoms. The normalized spacial score (nSPS) is 20.8. The quantitative estimate of drug-likeness (QED) is 0.339. The van der Waals surface area contributed by atoms with Crippen LogP contribution in [0.1, 0.15) is 53.9 Å². The number of benzene rings is 3. The fourth-order valence-electron chi connectivity index (χ4n) is 6.14. The molecule has 3 aliphatic rings. The van der Waals surface area contributed by atoms with Crippen molar-refractivity contribution in [2.45, 2.75) is 49.9 Å². The molecule has 0 saturated carbocycles. The minimum Gasteiger partial charge on any atom is -0.448 e. The molecule has 1 amide bonds. The van der Waals surface area contributed by atoms with Crippen LogP contribution in [-0.2, 0) is 10.9 Å². The van der Waals surface area contributed by atoms with Gasteiger partial charge in [-0.25, -0.2) is 9.18 Å². The predicted octanol–water partition coefficient (Wildman–Crippen LogP) is 7.80. The number of nitrogens with zero attached hydrogens (tertiary/aromatic N) is 1. The number of halogens is 4. The standard InChI is InChI=1S/C30H25F4NO2/c31-28-13-12-18(16-27(28)30(32,33)34)19-14-20-6-5-7-21(15-19)35(20)29(36)37-17-26-24-10-3-1-8-22(24)23-9-2-4-11-25(23)26/h1-4,8-14,16,20-21,26H,5-7,15,17H2. The number of amides is 1. The highest BCUT2D eigenvalue weighted by atomic mass is 19.4. The van der Waals surface area contributed by atoms with Crippen LogP contribution in [0.5, 0.6) is 0 Å². The van der Waals surface area contributed by atoms with E-state index in [1.165, 1.54) is 6.07 Å². The van der Waals surface area contributed by atoms with Gasteiger partial charge in [0, 0.05) is 12.0 Å². The van der Waals surface area contributed by atoms with E-state index in [0.29, 0.717) is 24.0 Å². The number of hydrogen-bond acceptors (Lipinski definition) is 2. The van der Waals surface area contributed by atoms with Crippen LogP contribution < -0.4 is 0 Å². The molecule has 0 aromatic heterocycles. The first-order valence-electron chi connectivity index (χ1n) is 12.5. The van der Waals surface area contributed by atoms with Crippen molar-refractivity contribution in [3.8, 4) is 11.1 Å². The van der Waals surface area contributed by atoms with Crippen LogP contribution in [0.2, 0.25) is 0 Å². The molecule has 1 fully saturated rings. The summed E-state index contributed by atoms with van der Waals surface area (Å²) in [5, 5.41) is 0. The van der Waals surface area contributed by atoms with Crippen molar-refractivity contribution in [3.63, 3.8) is 0 Å². The minimum absolute atomic E-state index is 0.0490. The second kappa shape index (κ2) is 9.05. The monoisotopic (exact) mass is 507 g/mol. The molecule has 6 rings (SSSR count). The molecule has 3 aromatic carbocycles. The van der Waals surface area contributed by atoms with E-state index in [1.54, 1.807) is 4.90 Å². The Labute approximate surface area is 212 Å². The second-order valence-corrected chi connectivity index (χ2v) is 9.95. The number of fused-ring (bicyclic) bond motifs is 5. The Hall–Kier alpha value is -3.61. The van der Waals surface area contributed by atoms with E-state index in [1.807, 2.05) is 30.3 Å². The van der Waals surface area contributed by atoms with Gasteiger partial charge in [-0.1, -0.05) is 60.7 Å². The molecule has 0 radical (unpaired) electrons. The summed E-state index contributed by atoms with van der Waals surface area (Å²) in [6, 6.07) is 19.0. The van der Waals surface area contributed by atoms with Gasteiger partial charge in [-0.05, 0) is 71.2 Å². The topological polar surface area (TPSA) is 29.5 Å². The Bertz CT molecular complexity index is 1350. The van der Waals surface area contributed by atoms with Crippen LogP contribution in [0.4, 0.5) is 22.4 Å². The number of alkyl halides is 3. The van der Waals surface area contributed by atoms with Crippen molar-refractivity contribution in [1.29, 1.82) is 0 Å². The van der Waals surface area contributed by atoms with Crippen molar-refractivity contribution in [1.82, 2.24) is 4.90 Å². The van der Waals surface area contributed by atoms with Gasteiger partial charge in [0.1, 0.15) is 12.4 Å². The van der Waals surface area contributed by atoms with Gasteiger partial charge in [-0.2, -0.15) is 13.2 Å². The highest BCUT2D eigenvalue weighted by molar-refractivity contribution is 5.79. The van der Waals surface area contributed by atoms with Gasteiger partial charge in [0.05, 0.1) is 11.6 Å². The number of ether oxygens (including phenoxy) is 1. The molecule has 3 aromatic rings. The molecule has 2 atom stereocenters. The number of carbonyl (C=O) groups is 1. The third-order valence-electron chi connectivity index (χ3n) is 7.83. The van der Waals surface area contributed by atoms with Crippen LogP contribution >= 0.6 is 0 Å². The van der Waals surface area contributed by atoms with Crippen molar-refractivity contribution < 1.29 is 27.1 Å². The predicted molar refractivity (Wildman–Crippen MR) is 132 cm³/mol. The summed E-state index contributed by atoms with van der Waals surface area (Å²) in [6.45, 7) is 0.215. The minimum atomic E-state index is -4.77. The van der Waals surface area contributed by atoms with Crippen molar-refractivity contribution in [3.05, 3.63) is 101 Å². The zero-order chi connectivity index (χ0) is 25.7. The van der Waals surface area contributed by atoms with Crippen LogP contribution in [0.25, 0.3) is 16.7 Å². The lowest BCUT2D eigenvalue weighted by Crippen LogP contribution is -2.51. The maximum absolute atomic E-state index is 13.8. The molecule has 2 heterocycles. The summed E-state index contributed by atoms with van der Waals surface area (Å²) >= 11 is 0. The Morgan fingerprint density at radius 1 is 0.946 bits per heavy atom.